The van der Waals surface area contributed by atoms with Gasteiger partial charge in [0.1, 0.15) is 6.17 Å². The summed E-state index contributed by atoms with van der Waals surface area (Å²) in [6, 6.07) is 8.35. The summed E-state index contributed by atoms with van der Waals surface area (Å²) in [5, 5.41) is 3.41. The number of nitrogens with one attached hydrogen (secondary N) is 1. The standard InChI is InChI=1S/C17H26N2O2/c1-5-6-15(11-21-4)19-16(18-13(3)17(19)20)14-9-7-12(2)8-10-14/h7-10,13,15-16,18H,5-6,11H2,1-4H3. The maximum atomic E-state index is 12.6. The lowest BCUT2D eigenvalue weighted by Crippen LogP contribution is -2.42. The fourth-order valence-corrected chi connectivity index (χ4v) is 2.96. The highest BCUT2D eigenvalue weighted by molar-refractivity contribution is 5.84. The van der Waals surface area contributed by atoms with Gasteiger partial charge in [-0.2, -0.15) is 0 Å². The molecule has 1 aromatic carbocycles. The number of ether oxygens (including phenoxy) is 1. The second kappa shape index (κ2) is 7.05. The van der Waals surface area contributed by atoms with Gasteiger partial charge in [-0.15, -0.1) is 0 Å². The number of hydrogen-bond acceptors (Lipinski definition) is 3. The van der Waals surface area contributed by atoms with Gasteiger partial charge in [-0.25, -0.2) is 0 Å². The third-order valence-corrected chi connectivity index (χ3v) is 4.08. The van der Waals surface area contributed by atoms with Gasteiger partial charge in [0, 0.05) is 7.11 Å². The number of rotatable bonds is 6. The van der Waals surface area contributed by atoms with Crippen molar-refractivity contribution in [2.75, 3.05) is 13.7 Å². The summed E-state index contributed by atoms with van der Waals surface area (Å²) in [5.41, 5.74) is 2.36. The molecule has 4 nitrogen and oxygen atoms in total. The molecule has 0 radical (unpaired) electrons. The van der Waals surface area contributed by atoms with E-state index in [-0.39, 0.29) is 24.2 Å². The largest absolute Gasteiger partial charge is 0.383 e. The molecule has 1 aliphatic heterocycles. The third-order valence-electron chi connectivity index (χ3n) is 4.08. The van der Waals surface area contributed by atoms with Crippen LogP contribution < -0.4 is 5.32 Å². The predicted molar refractivity (Wildman–Crippen MR) is 83.9 cm³/mol. The summed E-state index contributed by atoms with van der Waals surface area (Å²) < 4.78 is 5.33. The van der Waals surface area contributed by atoms with Gasteiger partial charge in [0.15, 0.2) is 0 Å². The molecule has 0 saturated carbocycles. The molecule has 1 N–H and O–H groups in total. The smallest absolute Gasteiger partial charge is 0.241 e. The molecule has 1 fully saturated rings. The molecule has 2 rings (SSSR count). The van der Waals surface area contributed by atoms with E-state index in [4.69, 9.17) is 4.74 Å². The van der Waals surface area contributed by atoms with Crippen molar-refractivity contribution in [1.29, 1.82) is 0 Å². The Bertz CT molecular complexity index is 466. The van der Waals surface area contributed by atoms with Gasteiger partial charge >= 0.3 is 0 Å². The molecule has 116 valence electrons. The molecule has 1 aromatic rings. The molecule has 1 heterocycles. The first-order valence-corrected chi connectivity index (χ1v) is 7.72. The molecule has 0 aliphatic carbocycles. The molecule has 1 amide bonds. The Kier molecular flexibility index (Phi) is 5.37. The summed E-state index contributed by atoms with van der Waals surface area (Å²) in [5.74, 6) is 0.163. The van der Waals surface area contributed by atoms with Crippen LogP contribution in [0.15, 0.2) is 24.3 Å². The van der Waals surface area contributed by atoms with Crippen molar-refractivity contribution in [3.05, 3.63) is 35.4 Å². The summed E-state index contributed by atoms with van der Waals surface area (Å²) in [4.78, 5) is 14.5. The summed E-state index contributed by atoms with van der Waals surface area (Å²) >= 11 is 0. The van der Waals surface area contributed by atoms with Crippen LogP contribution in [0.2, 0.25) is 0 Å². The van der Waals surface area contributed by atoms with Crippen LogP contribution in [0.3, 0.4) is 0 Å². The average molecular weight is 290 g/mol. The number of aryl methyl sites for hydroxylation is 1. The van der Waals surface area contributed by atoms with Gasteiger partial charge in [-0.05, 0) is 25.8 Å². The van der Waals surface area contributed by atoms with Gasteiger partial charge < -0.3 is 9.64 Å². The van der Waals surface area contributed by atoms with Crippen molar-refractivity contribution in [2.24, 2.45) is 0 Å². The fourth-order valence-electron chi connectivity index (χ4n) is 2.96. The second-order valence-corrected chi connectivity index (χ2v) is 5.84. The van der Waals surface area contributed by atoms with Crippen molar-refractivity contribution >= 4 is 5.91 Å². The average Bonchev–Trinajstić information content (AvgIpc) is 2.75. The quantitative estimate of drug-likeness (QED) is 0.875. The lowest BCUT2D eigenvalue weighted by atomic mass is 10.1. The first-order valence-electron chi connectivity index (χ1n) is 7.72. The second-order valence-electron chi connectivity index (χ2n) is 5.84. The molecule has 1 aliphatic rings. The van der Waals surface area contributed by atoms with Gasteiger partial charge in [-0.3, -0.25) is 10.1 Å². The zero-order valence-corrected chi connectivity index (χ0v) is 13.4. The van der Waals surface area contributed by atoms with Crippen LogP contribution in [-0.4, -0.2) is 36.6 Å². The fraction of sp³-hybridized carbons (Fsp3) is 0.588. The van der Waals surface area contributed by atoms with Crippen molar-refractivity contribution in [2.45, 2.75) is 51.9 Å². The van der Waals surface area contributed by atoms with E-state index < -0.39 is 0 Å². The SMILES string of the molecule is CCCC(COC)N1C(=O)C(C)NC1c1ccc(C)cc1. The highest BCUT2D eigenvalue weighted by Crippen LogP contribution is 2.29. The first kappa shape index (κ1) is 16.0. The van der Waals surface area contributed by atoms with Crippen molar-refractivity contribution in [3.63, 3.8) is 0 Å². The Morgan fingerprint density at radius 2 is 2.00 bits per heavy atom. The molecule has 0 bridgehead atoms. The minimum atomic E-state index is -0.146. The Hall–Kier alpha value is -1.39. The van der Waals surface area contributed by atoms with Crippen LogP contribution in [0.25, 0.3) is 0 Å². The van der Waals surface area contributed by atoms with Crippen LogP contribution in [0.4, 0.5) is 0 Å². The molecule has 1 saturated heterocycles. The van der Waals surface area contributed by atoms with E-state index in [2.05, 4.69) is 43.4 Å². The minimum Gasteiger partial charge on any atom is -0.383 e. The van der Waals surface area contributed by atoms with Gasteiger partial charge in [-0.1, -0.05) is 43.2 Å². The maximum Gasteiger partial charge on any atom is 0.241 e. The number of carbonyl (C=O) groups excluding carboxylic acids is 1. The van der Waals surface area contributed by atoms with Crippen LogP contribution in [0, 0.1) is 6.92 Å². The molecular formula is C17H26N2O2. The number of amides is 1. The van der Waals surface area contributed by atoms with E-state index in [0.717, 1.165) is 18.4 Å². The predicted octanol–water partition coefficient (Wildman–Crippen LogP) is 2.63. The van der Waals surface area contributed by atoms with Gasteiger partial charge in [0.25, 0.3) is 0 Å². The summed E-state index contributed by atoms with van der Waals surface area (Å²) in [6.45, 7) is 6.72. The Morgan fingerprint density at radius 3 is 2.57 bits per heavy atom. The van der Waals surface area contributed by atoms with Crippen LogP contribution in [-0.2, 0) is 9.53 Å². The van der Waals surface area contributed by atoms with Gasteiger partial charge in [0.05, 0.1) is 18.7 Å². The molecule has 3 unspecified atom stereocenters. The van der Waals surface area contributed by atoms with Crippen molar-refractivity contribution in [1.82, 2.24) is 10.2 Å². The van der Waals surface area contributed by atoms with E-state index >= 15 is 0 Å². The number of benzene rings is 1. The molecule has 0 spiro atoms. The minimum absolute atomic E-state index is 0.0557. The lowest BCUT2D eigenvalue weighted by Gasteiger charge is -2.32. The maximum absolute atomic E-state index is 12.6. The summed E-state index contributed by atoms with van der Waals surface area (Å²) in [6.07, 6.45) is 1.93. The van der Waals surface area contributed by atoms with Gasteiger partial charge in [0.2, 0.25) is 5.91 Å². The normalized spacial score (nSPS) is 23.6. The number of carbonyl (C=O) groups is 1. The van der Waals surface area contributed by atoms with Crippen LogP contribution in [0.1, 0.15) is 44.0 Å². The Balaban J connectivity index is 2.29. The van der Waals surface area contributed by atoms with E-state index in [1.54, 1.807) is 7.11 Å². The Morgan fingerprint density at radius 1 is 1.33 bits per heavy atom. The number of hydrogen-bond donors (Lipinski definition) is 1. The van der Waals surface area contributed by atoms with E-state index in [9.17, 15) is 4.79 Å². The van der Waals surface area contributed by atoms with Crippen molar-refractivity contribution in [3.8, 4) is 0 Å². The van der Waals surface area contributed by atoms with E-state index in [1.165, 1.54) is 5.56 Å². The zero-order chi connectivity index (χ0) is 15.4. The lowest BCUT2D eigenvalue weighted by molar-refractivity contribution is -0.133. The molecule has 4 heteroatoms. The summed E-state index contributed by atoms with van der Waals surface area (Å²) in [7, 11) is 1.70. The molecule has 21 heavy (non-hydrogen) atoms. The topological polar surface area (TPSA) is 41.6 Å². The Labute approximate surface area is 127 Å². The zero-order valence-electron chi connectivity index (χ0n) is 13.4. The molecular weight excluding hydrogens is 264 g/mol. The van der Waals surface area contributed by atoms with Crippen molar-refractivity contribution < 1.29 is 9.53 Å². The van der Waals surface area contributed by atoms with Crippen LogP contribution >= 0.6 is 0 Å². The van der Waals surface area contributed by atoms with E-state index in [1.807, 2.05) is 11.8 Å². The number of methoxy groups -OCH3 is 1. The molecule has 3 atom stereocenters. The highest BCUT2D eigenvalue weighted by atomic mass is 16.5. The number of nitrogens with zero attached hydrogens (tertiary/aromatic N) is 1. The van der Waals surface area contributed by atoms with Crippen LogP contribution in [0.5, 0.6) is 0 Å². The first-order chi connectivity index (χ1) is 10.1. The highest BCUT2D eigenvalue weighted by Gasteiger charge is 2.40. The molecule has 0 aromatic heterocycles. The third kappa shape index (κ3) is 3.44. The monoisotopic (exact) mass is 290 g/mol. The van der Waals surface area contributed by atoms with E-state index in [0.29, 0.717) is 6.61 Å².